The number of hydrogen-bond acceptors (Lipinski definition) is 2. The molecule has 1 heterocycles. The molecule has 0 saturated heterocycles. The monoisotopic (exact) mass is 239 g/mol. The van der Waals surface area contributed by atoms with E-state index in [9.17, 15) is 0 Å². The van der Waals surface area contributed by atoms with Crippen LogP contribution in [-0.4, -0.2) is 17.6 Å². The molecule has 0 aliphatic carbocycles. The summed E-state index contributed by atoms with van der Waals surface area (Å²) >= 11 is 3.35. The van der Waals surface area contributed by atoms with Crippen molar-refractivity contribution in [1.29, 1.82) is 5.26 Å². The number of nitriles is 1. The zero-order chi connectivity index (χ0) is 10.0. The molecule has 0 spiro atoms. The maximum absolute atomic E-state index is 8.93. The van der Waals surface area contributed by atoms with Crippen molar-refractivity contribution in [2.75, 3.05) is 0 Å². The molecule has 0 N–H and O–H groups in total. The molecular weight excluding hydrogens is 229 g/mol. The van der Waals surface area contributed by atoms with E-state index in [4.69, 9.17) is 5.26 Å². The smallest absolute Gasteiger partial charge is 0.145 e. The molecule has 0 aromatic carbocycles. The molecule has 3 nitrogen and oxygen atoms in total. The fourth-order valence-corrected chi connectivity index (χ4v) is 1.73. The Morgan fingerprint density at radius 1 is 1.69 bits per heavy atom. The predicted molar refractivity (Wildman–Crippen MR) is 58.1 cm³/mol. The van der Waals surface area contributed by atoms with Gasteiger partial charge in [-0.1, -0.05) is 15.9 Å². The van der Waals surface area contributed by atoms with E-state index in [0.29, 0.717) is 11.0 Å². The summed E-state index contributed by atoms with van der Waals surface area (Å²) in [5.41, 5.74) is 2.60. The number of hydrogen-bond donors (Lipinski definition) is 0. The normalized spacial score (nSPS) is 10.4. The van der Waals surface area contributed by atoms with Crippen LogP contribution in [0.5, 0.6) is 0 Å². The van der Waals surface area contributed by atoms with Crippen LogP contribution in [0.15, 0.2) is 0 Å². The highest BCUT2D eigenvalue weighted by atomic mass is 79.9. The van der Waals surface area contributed by atoms with Gasteiger partial charge >= 0.3 is 0 Å². The van der Waals surface area contributed by atoms with Crippen molar-refractivity contribution in [1.82, 2.24) is 9.78 Å². The average molecular weight is 240 g/mol. The van der Waals surface area contributed by atoms with E-state index in [0.717, 1.165) is 11.2 Å². The molecule has 0 amide bonds. The van der Waals surface area contributed by atoms with E-state index in [-0.39, 0.29) is 6.04 Å². The minimum Gasteiger partial charge on any atom is -0.253 e. The molecule has 0 fully saturated rings. The van der Waals surface area contributed by atoms with Gasteiger partial charge in [-0.25, -0.2) is 0 Å². The lowest BCUT2D eigenvalue weighted by Crippen LogP contribution is -2.12. The average Bonchev–Trinajstić information content (AvgIpc) is 2.42. The molecule has 0 bridgehead atoms. The predicted octanol–water partition coefficient (Wildman–Crippen LogP) is 0.489. The number of rotatable bonds is 2. The summed E-state index contributed by atoms with van der Waals surface area (Å²) < 4.78 is 1.77. The minimum absolute atomic E-state index is 0.237. The SMILES string of the molecule is Bc1c(CBr)nn(C(C)C)c1C#N. The lowest BCUT2D eigenvalue weighted by molar-refractivity contribution is 0.523. The molecule has 0 unspecified atom stereocenters. The number of nitrogens with zero attached hydrogens (tertiary/aromatic N) is 3. The standard InChI is InChI=1S/C8H11BBrN3/c1-5(2)13-7(4-11)8(9)6(3-10)12-13/h5H,3,9H2,1-2H3. The van der Waals surface area contributed by atoms with Gasteiger partial charge in [0.05, 0.1) is 5.69 Å². The van der Waals surface area contributed by atoms with Gasteiger partial charge in [0.15, 0.2) is 0 Å². The second-order valence-corrected chi connectivity index (χ2v) is 3.76. The van der Waals surface area contributed by atoms with E-state index >= 15 is 0 Å². The Balaban J connectivity index is 3.30. The maximum atomic E-state index is 8.93. The number of halogens is 1. The van der Waals surface area contributed by atoms with Crippen LogP contribution in [0.3, 0.4) is 0 Å². The lowest BCUT2D eigenvalue weighted by atomic mass is 9.94. The third-order valence-electron chi connectivity index (χ3n) is 1.97. The van der Waals surface area contributed by atoms with Crippen LogP contribution in [0.2, 0.25) is 0 Å². The first kappa shape index (κ1) is 10.3. The molecule has 68 valence electrons. The van der Waals surface area contributed by atoms with E-state index in [1.54, 1.807) is 4.68 Å². The second kappa shape index (κ2) is 3.97. The van der Waals surface area contributed by atoms with Gasteiger partial charge in [-0.3, -0.25) is 4.68 Å². The Labute approximate surface area is 87.3 Å². The highest BCUT2D eigenvalue weighted by molar-refractivity contribution is 9.08. The van der Waals surface area contributed by atoms with Gasteiger partial charge in [0.2, 0.25) is 0 Å². The van der Waals surface area contributed by atoms with Crippen LogP contribution < -0.4 is 5.46 Å². The van der Waals surface area contributed by atoms with Crippen LogP contribution in [0.25, 0.3) is 0 Å². The first-order valence-electron chi connectivity index (χ1n) is 4.15. The summed E-state index contributed by atoms with van der Waals surface area (Å²) in [6, 6.07) is 2.42. The van der Waals surface area contributed by atoms with E-state index in [2.05, 4.69) is 27.1 Å². The van der Waals surface area contributed by atoms with E-state index < -0.39 is 0 Å². The summed E-state index contributed by atoms with van der Waals surface area (Å²) in [6.07, 6.45) is 0. The topological polar surface area (TPSA) is 41.6 Å². The fraction of sp³-hybridized carbons (Fsp3) is 0.500. The van der Waals surface area contributed by atoms with Crippen molar-refractivity contribution in [3.8, 4) is 6.07 Å². The third-order valence-corrected chi connectivity index (χ3v) is 2.50. The summed E-state index contributed by atoms with van der Waals surface area (Å²) in [5.74, 6) is 0. The molecule has 13 heavy (non-hydrogen) atoms. The van der Waals surface area contributed by atoms with Gasteiger partial charge in [0.1, 0.15) is 19.6 Å². The zero-order valence-corrected chi connectivity index (χ0v) is 9.59. The Hall–Kier alpha value is -0.755. The summed E-state index contributed by atoms with van der Waals surface area (Å²) in [5, 5.41) is 14.0. The van der Waals surface area contributed by atoms with Crippen molar-refractivity contribution in [3.63, 3.8) is 0 Å². The van der Waals surface area contributed by atoms with Gasteiger partial charge < -0.3 is 0 Å². The van der Waals surface area contributed by atoms with Crippen molar-refractivity contribution in [3.05, 3.63) is 11.4 Å². The largest absolute Gasteiger partial charge is 0.253 e. The number of alkyl halides is 1. The molecule has 1 aromatic heterocycles. The molecule has 0 saturated carbocycles. The van der Waals surface area contributed by atoms with Crippen LogP contribution >= 0.6 is 15.9 Å². The molecule has 0 radical (unpaired) electrons. The van der Waals surface area contributed by atoms with Gasteiger partial charge in [0.25, 0.3) is 0 Å². The van der Waals surface area contributed by atoms with Crippen molar-refractivity contribution >= 4 is 29.2 Å². The summed E-state index contributed by atoms with van der Waals surface area (Å²) in [7, 11) is 1.93. The molecule has 0 atom stereocenters. The first-order valence-corrected chi connectivity index (χ1v) is 5.28. The Morgan fingerprint density at radius 3 is 2.62 bits per heavy atom. The van der Waals surface area contributed by atoms with E-state index in [1.807, 2.05) is 21.7 Å². The zero-order valence-electron chi connectivity index (χ0n) is 8.00. The van der Waals surface area contributed by atoms with Crippen LogP contribution in [0.4, 0.5) is 0 Å². The minimum atomic E-state index is 0.237. The maximum Gasteiger partial charge on any atom is 0.145 e. The van der Waals surface area contributed by atoms with Crippen molar-refractivity contribution < 1.29 is 0 Å². The Kier molecular flexibility index (Phi) is 3.15. The molecule has 5 heteroatoms. The summed E-state index contributed by atoms with van der Waals surface area (Å²) in [6.45, 7) is 4.04. The highest BCUT2D eigenvalue weighted by Gasteiger charge is 2.14. The molecule has 1 rings (SSSR count). The van der Waals surface area contributed by atoms with Gasteiger partial charge in [-0.15, -0.1) is 0 Å². The van der Waals surface area contributed by atoms with Gasteiger partial charge in [-0.2, -0.15) is 10.4 Å². The highest BCUT2D eigenvalue weighted by Crippen LogP contribution is 2.09. The first-order chi connectivity index (χ1) is 6.11. The Morgan fingerprint density at radius 2 is 2.31 bits per heavy atom. The third kappa shape index (κ3) is 1.78. The number of aromatic nitrogens is 2. The van der Waals surface area contributed by atoms with Crippen LogP contribution in [-0.2, 0) is 5.33 Å². The molecule has 0 aliphatic heterocycles. The van der Waals surface area contributed by atoms with Gasteiger partial charge in [-0.05, 0) is 19.3 Å². The van der Waals surface area contributed by atoms with Crippen molar-refractivity contribution in [2.24, 2.45) is 0 Å². The van der Waals surface area contributed by atoms with Gasteiger partial charge in [0, 0.05) is 11.4 Å². The van der Waals surface area contributed by atoms with Crippen LogP contribution in [0.1, 0.15) is 31.3 Å². The van der Waals surface area contributed by atoms with E-state index in [1.165, 1.54) is 0 Å². The van der Waals surface area contributed by atoms with Crippen molar-refractivity contribution in [2.45, 2.75) is 25.2 Å². The fourth-order valence-electron chi connectivity index (χ4n) is 1.20. The summed E-state index contributed by atoms with van der Waals surface area (Å²) in [4.78, 5) is 0. The molecular formula is C8H11BBrN3. The second-order valence-electron chi connectivity index (χ2n) is 3.20. The lowest BCUT2D eigenvalue weighted by Gasteiger charge is -2.05. The quantitative estimate of drug-likeness (QED) is 0.557. The van der Waals surface area contributed by atoms with Crippen LogP contribution in [0, 0.1) is 11.3 Å². The molecule has 1 aromatic rings. The Bertz CT molecular complexity index is 351. The molecule has 0 aliphatic rings.